The molecule has 534 valence electrons. The SMILES string of the molecule is CCC/C=C\C/C=C\CCCCCCCC(=O)OCC(COP(=O)(O)OCC(O)COP(=O)(O)OCC(COC(=O)CCCCCCC/C=C\C/C=C\CCCCC)OC(=O)CCCCCCC/C=C\C/C=C\CCC)OC(=O)CCCCCCCCCCCCC. The second kappa shape index (κ2) is 66.1. The number of allylic oxidation sites excluding steroid dienone is 12. The van der Waals surface area contributed by atoms with E-state index in [0.717, 1.165) is 173 Å². The molecule has 3 N–H and O–H groups in total. The van der Waals surface area contributed by atoms with Crippen molar-refractivity contribution in [1.82, 2.24) is 0 Å². The van der Waals surface area contributed by atoms with Gasteiger partial charge in [0.1, 0.15) is 19.3 Å². The molecule has 19 heteroatoms. The van der Waals surface area contributed by atoms with Gasteiger partial charge in [0, 0.05) is 25.7 Å². The van der Waals surface area contributed by atoms with Gasteiger partial charge in [-0.1, -0.05) is 248 Å². The predicted octanol–water partition coefficient (Wildman–Crippen LogP) is 20.1. The maximum atomic E-state index is 13.0. The van der Waals surface area contributed by atoms with Gasteiger partial charge in [0.25, 0.3) is 0 Å². The van der Waals surface area contributed by atoms with Crippen molar-refractivity contribution < 1.29 is 80.2 Å². The Bertz CT molecular complexity index is 2040. The minimum Gasteiger partial charge on any atom is -0.462 e. The number of carbonyl (C=O) groups is 4. The summed E-state index contributed by atoms with van der Waals surface area (Å²) in [4.78, 5) is 72.6. The van der Waals surface area contributed by atoms with Gasteiger partial charge in [-0.3, -0.25) is 37.3 Å². The highest BCUT2D eigenvalue weighted by atomic mass is 31.2. The summed E-state index contributed by atoms with van der Waals surface area (Å²) in [6, 6.07) is 0. The molecule has 0 amide bonds. The Balaban J connectivity index is 5.33. The van der Waals surface area contributed by atoms with Crippen LogP contribution in [0.1, 0.15) is 310 Å². The number of ether oxygens (including phenoxy) is 4. The number of phosphoric acid groups is 2. The van der Waals surface area contributed by atoms with E-state index < -0.39 is 97.5 Å². The quantitative estimate of drug-likeness (QED) is 0.0169. The largest absolute Gasteiger partial charge is 0.472 e. The Kier molecular flexibility index (Phi) is 63.6. The molecule has 0 saturated heterocycles. The molecule has 92 heavy (non-hydrogen) atoms. The van der Waals surface area contributed by atoms with Crippen molar-refractivity contribution in [2.45, 2.75) is 329 Å². The molecule has 0 saturated carbocycles. The van der Waals surface area contributed by atoms with E-state index in [0.29, 0.717) is 25.7 Å². The molecule has 0 fully saturated rings. The van der Waals surface area contributed by atoms with Crippen LogP contribution in [-0.2, 0) is 65.4 Å². The number of phosphoric ester groups is 2. The number of esters is 4. The molecular formula is C73H130O17P2. The van der Waals surface area contributed by atoms with Crippen molar-refractivity contribution in [3.8, 4) is 0 Å². The number of hydrogen-bond acceptors (Lipinski definition) is 15. The lowest BCUT2D eigenvalue weighted by Gasteiger charge is -2.21. The first-order chi connectivity index (χ1) is 44.7. The normalized spacial score (nSPS) is 14.5. The minimum atomic E-state index is -4.97. The topological polar surface area (TPSA) is 237 Å². The van der Waals surface area contributed by atoms with Gasteiger partial charge in [0.05, 0.1) is 26.4 Å². The number of unbranched alkanes of at least 4 members (excludes halogenated alkanes) is 30. The number of aliphatic hydroxyl groups excluding tert-OH is 1. The summed E-state index contributed by atoms with van der Waals surface area (Å²) in [6.45, 7) is 4.67. The van der Waals surface area contributed by atoms with Gasteiger partial charge in [0.2, 0.25) is 0 Å². The van der Waals surface area contributed by atoms with Crippen LogP contribution in [0.25, 0.3) is 0 Å². The van der Waals surface area contributed by atoms with Crippen LogP contribution in [-0.4, -0.2) is 96.7 Å². The highest BCUT2D eigenvalue weighted by Crippen LogP contribution is 2.45. The molecule has 0 aliphatic rings. The van der Waals surface area contributed by atoms with Crippen LogP contribution in [0.5, 0.6) is 0 Å². The zero-order chi connectivity index (χ0) is 67.5. The molecule has 0 aromatic carbocycles. The lowest BCUT2D eigenvalue weighted by molar-refractivity contribution is -0.161. The number of rotatable bonds is 68. The molecule has 0 radical (unpaired) electrons. The van der Waals surface area contributed by atoms with Gasteiger partial charge in [-0.25, -0.2) is 9.13 Å². The number of carbonyl (C=O) groups excluding carboxylic acids is 4. The Labute approximate surface area is 558 Å². The van der Waals surface area contributed by atoms with E-state index in [1.54, 1.807) is 0 Å². The molecule has 0 aliphatic heterocycles. The molecule has 0 spiro atoms. The van der Waals surface area contributed by atoms with Crippen LogP contribution >= 0.6 is 15.6 Å². The van der Waals surface area contributed by atoms with Crippen LogP contribution in [0.15, 0.2) is 72.9 Å². The van der Waals surface area contributed by atoms with E-state index in [1.165, 1.54) is 57.8 Å². The lowest BCUT2D eigenvalue weighted by atomic mass is 10.1. The summed E-state index contributed by atoms with van der Waals surface area (Å²) in [5.74, 6) is -2.20. The highest BCUT2D eigenvalue weighted by Gasteiger charge is 2.30. The van der Waals surface area contributed by atoms with Gasteiger partial charge in [-0.2, -0.15) is 0 Å². The molecule has 0 aliphatic carbocycles. The van der Waals surface area contributed by atoms with Crippen molar-refractivity contribution in [2.24, 2.45) is 0 Å². The Hall–Kier alpha value is -3.50. The Morgan fingerprint density at radius 2 is 0.554 bits per heavy atom. The second-order valence-electron chi connectivity index (χ2n) is 24.2. The monoisotopic (exact) mass is 1340 g/mol. The smallest absolute Gasteiger partial charge is 0.462 e. The molecule has 5 unspecified atom stereocenters. The van der Waals surface area contributed by atoms with Crippen LogP contribution < -0.4 is 0 Å². The van der Waals surface area contributed by atoms with Gasteiger partial charge in [-0.15, -0.1) is 0 Å². The second-order valence-corrected chi connectivity index (χ2v) is 27.1. The van der Waals surface area contributed by atoms with Crippen molar-refractivity contribution in [2.75, 3.05) is 39.6 Å². The maximum absolute atomic E-state index is 13.0. The summed E-state index contributed by atoms with van der Waals surface area (Å²) in [5, 5.41) is 10.6. The van der Waals surface area contributed by atoms with E-state index in [9.17, 15) is 43.2 Å². The summed E-state index contributed by atoms with van der Waals surface area (Å²) in [6.07, 6.45) is 63.3. The first-order valence-electron chi connectivity index (χ1n) is 36.2. The van der Waals surface area contributed by atoms with Gasteiger partial charge >= 0.3 is 39.5 Å². The molecule has 0 heterocycles. The average molecular weight is 1340 g/mol. The van der Waals surface area contributed by atoms with E-state index in [-0.39, 0.29) is 25.7 Å². The Morgan fingerprint density at radius 3 is 0.870 bits per heavy atom. The van der Waals surface area contributed by atoms with Gasteiger partial charge in [-0.05, 0) is 109 Å². The molecular weight excluding hydrogens is 1210 g/mol. The minimum absolute atomic E-state index is 0.0776. The molecule has 0 aromatic rings. The Morgan fingerprint density at radius 1 is 0.304 bits per heavy atom. The van der Waals surface area contributed by atoms with Crippen LogP contribution in [0.4, 0.5) is 0 Å². The van der Waals surface area contributed by atoms with Gasteiger partial charge in [0.15, 0.2) is 12.2 Å². The van der Waals surface area contributed by atoms with E-state index >= 15 is 0 Å². The number of aliphatic hydroxyl groups is 1. The molecule has 5 atom stereocenters. The van der Waals surface area contributed by atoms with Crippen molar-refractivity contribution in [3.05, 3.63) is 72.9 Å². The molecule has 0 bridgehead atoms. The van der Waals surface area contributed by atoms with Crippen LogP contribution in [0.2, 0.25) is 0 Å². The lowest BCUT2D eigenvalue weighted by Crippen LogP contribution is -2.30. The fourth-order valence-corrected chi connectivity index (χ4v) is 11.1. The summed E-state index contributed by atoms with van der Waals surface area (Å²) < 4.78 is 68.2. The van der Waals surface area contributed by atoms with E-state index in [2.05, 4.69) is 101 Å². The summed E-state index contributed by atoms with van der Waals surface area (Å²) in [7, 11) is -9.94. The van der Waals surface area contributed by atoms with E-state index in [1.807, 2.05) is 0 Å². The maximum Gasteiger partial charge on any atom is 0.472 e. The zero-order valence-electron chi connectivity index (χ0n) is 58.0. The van der Waals surface area contributed by atoms with Crippen LogP contribution in [0, 0.1) is 0 Å². The zero-order valence-corrected chi connectivity index (χ0v) is 59.8. The van der Waals surface area contributed by atoms with Crippen LogP contribution in [0.3, 0.4) is 0 Å². The first kappa shape index (κ1) is 88.5. The van der Waals surface area contributed by atoms with Crippen molar-refractivity contribution in [3.63, 3.8) is 0 Å². The summed E-state index contributed by atoms with van der Waals surface area (Å²) in [5.41, 5.74) is 0. The third kappa shape index (κ3) is 65.2. The van der Waals surface area contributed by atoms with Crippen molar-refractivity contribution >= 4 is 39.5 Å². The fourth-order valence-electron chi connectivity index (χ4n) is 9.56. The third-order valence-electron chi connectivity index (χ3n) is 15.1. The summed E-state index contributed by atoms with van der Waals surface area (Å²) >= 11 is 0. The molecule has 0 rings (SSSR count). The molecule has 17 nitrogen and oxygen atoms in total. The highest BCUT2D eigenvalue weighted by molar-refractivity contribution is 7.47. The molecule has 0 aromatic heterocycles. The fraction of sp³-hybridized carbons (Fsp3) is 0.781. The average Bonchev–Trinajstić information content (AvgIpc) is 2.25. The van der Waals surface area contributed by atoms with E-state index in [4.69, 9.17) is 37.0 Å². The number of hydrogen-bond donors (Lipinski definition) is 3. The van der Waals surface area contributed by atoms with Gasteiger partial charge < -0.3 is 33.8 Å². The third-order valence-corrected chi connectivity index (χ3v) is 17.0. The van der Waals surface area contributed by atoms with Crippen molar-refractivity contribution in [1.29, 1.82) is 0 Å². The standard InChI is InChI=1S/C73H130O17P2/c1-5-9-13-17-21-25-29-32-33-36-39-42-46-50-54-58-71(76)84-64-69(90-73(78)60-56-52-48-44-40-35-31-27-23-19-15-11-7-3)66-88-92(81,82)86-62-67(74)61-85-91(79,80)87-65-68(89-72(77)59-55-51-47-43-37-28-24-20-16-12-8-4)63-83-70(75)57-53-49-45-41-38-34-30-26-22-18-14-10-6-2/h14-15,18-19,21,25-27,30-33,67-69,74H,5-13,16-17,20,22-24,28-29,34-66H2,1-4H3,(H,79,80)(H,81,82)/b18-14-,19-15-,25-21-,30-26-,31-27-,33-32-. The predicted molar refractivity (Wildman–Crippen MR) is 372 cm³/mol. The first-order valence-corrected chi connectivity index (χ1v) is 39.2.